The van der Waals surface area contributed by atoms with Crippen LogP contribution in [0, 0.1) is 16.7 Å². The van der Waals surface area contributed by atoms with Gasteiger partial charge in [-0.15, -0.1) is 0 Å². The van der Waals surface area contributed by atoms with Crippen LogP contribution in [0.25, 0.3) is 0 Å². The van der Waals surface area contributed by atoms with E-state index in [-0.39, 0.29) is 6.61 Å². The lowest BCUT2D eigenvalue weighted by molar-refractivity contribution is 0.0103. The van der Waals surface area contributed by atoms with Crippen molar-refractivity contribution >= 4 is 0 Å². The molecule has 0 aromatic rings. The second-order valence-corrected chi connectivity index (χ2v) is 8.47. The molecule has 0 aromatic carbocycles. The number of aliphatic hydroxyl groups is 2. The van der Waals surface area contributed by atoms with E-state index in [4.69, 9.17) is 5.11 Å². The summed E-state index contributed by atoms with van der Waals surface area (Å²) in [5, 5.41) is 18.8. The van der Waals surface area contributed by atoms with Crippen LogP contribution in [0.15, 0.2) is 23.3 Å². The minimum absolute atomic E-state index is 0.218. The lowest BCUT2D eigenvalue weighted by atomic mass is 9.50. The Morgan fingerprint density at radius 2 is 2.00 bits per heavy atom. The largest absolute Gasteiger partial charge is 0.393 e. The van der Waals surface area contributed by atoms with Crippen LogP contribution in [0.1, 0.15) is 72.6 Å². The second kappa shape index (κ2) is 6.49. The van der Waals surface area contributed by atoms with Gasteiger partial charge in [-0.2, -0.15) is 0 Å². The second-order valence-electron chi connectivity index (χ2n) is 8.47. The van der Waals surface area contributed by atoms with Crippen LogP contribution in [-0.4, -0.2) is 22.9 Å². The molecule has 2 N–H and O–H groups in total. The molecular formula is C20H34O2. The van der Waals surface area contributed by atoms with Gasteiger partial charge in [0.2, 0.25) is 0 Å². The summed E-state index contributed by atoms with van der Waals surface area (Å²) in [5.74, 6) is 0.767. The van der Waals surface area contributed by atoms with Gasteiger partial charge in [0.25, 0.3) is 0 Å². The molecule has 2 aliphatic carbocycles. The Morgan fingerprint density at radius 1 is 1.32 bits per heavy atom. The molecule has 0 amide bonds. The molecule has 3 atom stereocenters. The van der Waals surface area contributed by atoms with Crippen molar-refractivity contribution in [3.8, 4) is 0 Å². The Balaban J connectivity index is 2.19. The third kappa shape index (κ3) is 3.19. The number of rotatable bonds is 5. The van der Waals surface area contributed by atoms with Gasteiger partial charge in [-0.25, -0.2) is 0 Å². The Morgan fingerprint density at radius 3 is 2.64 bits per heavy atom. The molecule has 126 valence electrons. The van der Waals surface area contributed by atoms with Crippen LogP contribution >= 0.6 is 0 Å². The number of hydrogen-bond acceptors (Lipinski definition) is 2. The average molecular weight is 306 g/mol. The first-order chi connectivity index (χ1) is 10.2. The maximum absolute atomic E-state index is 9.74. The highest BCUT2D eigenvalue weighted by Gasteiger charge is 2.49. The molecule has 0 saturated heterocycles. The van der Waals surface area contributed by atoms with Gasteiger partial charge in [0.1, 0.15) is 0 Å². The van der Waals surface area contributed by atoms with Crippen LogP contribution < -0.4 is 0 Å². The molecule has 0 bridgehead atoms. The predicted molar refractivity (Wildman–Crippen MR) is 92.6 cm³/mol. The molecule has 0 radical (unpaired) electrons. The highest BCUT2D eigenvalue weighted by atomic mass is 16.3. The maximum Gasteiger partial charge on any atom is 0.0978 e. The average Bonchev–Trinajstić information content (AvgIpc) is 2.44. The standard InChI is InChI=1S/C20H34O2/c1-14-8-10-18-19(3,4)11-6-12-20(18,5)16(14)9-7-15(2)17(22)13-21/h17-18,21-22H,2,6-13H2,1,3-5H3. The van der Waals surface area contributed by atoms with Crippen LogP contribution in [0.4, 0.5) is 0 Å². The Hall–Kier alpha value is -0.600. The Kier molecular flexibility index (Phi) is 5.23. The third-order valence-corrected chi connectivity index (χ3v) is 6.58. The molecule has 2 nitrogen and oxygen atoms in total. The van der Waals surface area contributed by atoms with Crippen molar-refractivity contribution in [1.29, 1.82) is 0 Å². The number of hydrogen-bond donors (Lipinski definition) is 2. The molecule has 3 unspecified atom stereocenters. The molecule has 0 aromatic heterocycles. The molecule has 22 heavy (non-hydrogen) atoms. The zero-order valence-corrected chi connectivity index (χ0v) is 14.9. The first-order valence-electron chi connectivity index (χ1n) is 8.88. The maximum atomic E-state index is 9.74. The van der Waals surface area contributed by atoms with Crippen molar-refractivity contribution in [2.24, 2.45) is 16.7 Å². The summed E-state index contributed by atoms with van der Waals surface area (Å²) >= 11 is 0. The van der Waals surface area contributed by atoms with E-state index in [0.717, 1.165) is 24.3 Å². The highest BCUT2D eigenvalue weighted by Crippen LogP contribution is 2.60. The van der Waals surface area contributed by atoms with E-state index in [1.54, 1.807) is 11.1 Å². The minimum atomic E-state index is -0.768. The zero-order valence-electron chi connectivity index (χ0n) is 14.9. The summed E-state index contributed by atoms with van der Waals surface area (Å²) < 4.78 is 0. The van der Waals surface area contributed by atoms with E-state index in [2.05, 4.69) is 34.3 Å². The molecular weight excluding hydrogens is 272 g/mol. The van der Waals surface area contributed by atoms with Crippen LogP contribution in [0.5, 0.6) is 0 Å². The normalized spacial score (nSPS) is 32.5. The van der Waals surface area contributed by atoms with Crippen molar-refractivity contribution in [2.75, 3.05) is 6.61 Å². The van der Waals surface area contributed by atoms with Gasteiger partial charge in [0.15, 0.2) is 0 Å². The third-order valence-electron chi connectivity index (χ3n) is 6.58. The summed E-state index contributed by atoms with van der Waals surface area (Å²) in [7, 11) is 0. The lowest BCUT2D eigenvalue weighted by Crippen LogP contribution is -2.45. The quantitative estimate of drug-likeness (QED) is 0.728. The van der Waals surface area contributed by atoms with Crippen molar-refractivity contribution in [1.82, 2.24) is 0 Å². The molecule has 0 spiro atoms. The fourth-order valence-electron chi connectivity index (χ4n) is 5.27. The van der Waals surface area contributed by atoms with Gasteiger partial charge in [0, 0.05) is 0 Å². The SMILES string of the molecule is C=C(CCC1=C(C)CCC2C(C)(C)CCCC12C)C(O)CO. The molecule has 0 aliphatic heterocycles. The fraction of sp³-hybridized carbons (Fsp3) is 0.800. The minimum Gasteiger partial charge on any atom is -0.393 e. The van der Waals surface area contributed by atoms with Gasteiger partial charge in [0.05, 0.1) is 12.7 Å². The van der Waals surface area contributed by atoms with E-state index in [1.165, 1.54) is 32.1 Å². The topological polar surface area (TPSA) is 40.5 Å². The lowest BCUT2D eigenvalue weighted by Gasteiger charge is -2.55. The summed E-state index contributed by atoms with van der Waals surface area (Å²) in [6.07, 6.45) is 7.50. The highest BCUT2D eigenvalue weighted by molar-refractivity contribution is 5.28. The Bertz CT molecular complexity index is 460. The fourth-order valence-corrected chi connectivity index (χ4v) is 5.27. The van der Waals surface area contributed by atoms with E-state index in [1.807, 2.05) is 0 Å². The number of fused-ring (bicyclic) bond motifs is 1. The predicted octanol–water partition coefficient (Wildman–Crippen LogP) is 4.62. The van der Waals surface area contributed by atoms with Gasteiger partial charge in [-0.05, 0) is 67.8 Å². The van der Waals surface area contributed by atoms with Crippen molar-refractivity contribution in [3.63, 3.8) is 0 Å². The van der Waals surface area contributed by atoms with Crippen molar-refractivity contribution in [2.45, 2.75) is 78.7 Å². The molecule has 2 rings (SSSR count). The smallest absolute Gasteiger partial charge is 0.0978 e. The molecule has 2 heteroatoms. The first-order valence-corrected chi connectivity index (χ1v) is 8.88. The van der Waals surface area contributed by atoms with Crippen LogP contribution in [0.3, 0.4) is 0 Å². The molecule has 1 saturated carbocycles. The van der Waals surface area contributed by atoms with Gasteiger partial charge < -0.3 is 10.2 Å². The molecule has 2 aliphatic rings. The first kappa shape index (κ1) is 17.7. The van der Waals surface area contributed by atoms with Crippen molar-refractivity contribution < 1.29 is 10.2 Å². The van der Waals surface area contributed by atoms with Crippen molar-refractivity contribution in [3.05, 3.63) is 23.3 Å². The summed E-state index contributed by atoms with van der Waals surface area (Å²) in [6, 6.07) is 0. The number of aliphatic hydroxyl groups excluding tert-OH is 2. The molecule has 0 heterocycles. The molecule has 1 fully saturated rings. The zero-order chi connectivity index (χ0) is 16.5. The van der Waals surface area contributed by atoms with E-state index >= 15 is 0 Å². The van der Waals surface area contributed by atoms with E-state index < -0.39 is 6.10 Å². The van der Waals surface area contributed by atoms with Gasteiger partial charge >= 0.3 is 0 Å². The van der Waals surface area contributed by atoms with Crippen LogP contribution in [-0.2, 0) is 0 Å². The summed E-state index contributed by atoms with van der Waals surface area (Å²) in [5.41, 5.74) is 4.68. The Labute approximate surface area is 136 Å². The summed E-state index contributed by atoms with van der Waals surface area (Å²) in [6.45, 7) is 13.4. The monoisotopic (exact) mass is 306 g/mol. The van der Waals surface area contributed by atoms with Gasteiger partial charge in [-0.3, -0.25) is 0 Å². The van der Waals surface area contributed by atoms with E-state index in [9.17, 15) is 5.11 Å². The van der Waals surface area contributed by atoms with Gasteiger partial charge in [-0.1, -0.05) is 44.9 Å². The number of allylic oxidation sites excluding steroid dienone is 2. The summed E-state index contributed by atoms with van der Waals surface area (Å²) in [4.78, 5) is 0. The van der Waals surface area contributed by atoms with E-state index in [0.29, 0.717) is 10.8 Å². The van der Waals surface area contributed by atoms with Crippen LogP contribution in [0.2, 0.25) is 0 Å².